The summed E-state index contributed by atoms with van der Waals surface area (Å²) in [7, 11) is 0. The molecule has 2 heterocycles. The Bertz CT molecular complexity index is 748. The summed E-state index contributed by atoms with van der Waals surface area (Å²) < 4.78 is 7.90. The predicted molar refractivity (Wildman–Crippen MR) is 82.6 cm³/mol. The molecule has 0 saturated heterocycles. The van der Waals surface area contributed by atoms with Gasteiger partial charge in [-0.25, -0.2) is 0 Å². The van der Waals surface area contributed by atoms with Gasteiger partial charge in [0.25, 0.3) is 0 Å². The normalized spacial score (nSPS) is 11.2. The summed E-state index contributed by atoms with van der Waals surface area (Å²) in [6, 6.07) is 11.6. The highest BCUT2D eigenvalue weighted by Crippen LogP contribution is 2.31. The molecule has 0 saturated carbocycles. The van der Waals surface area contributed by atoms with Crippen LogP contribution in [0, 0.1) is 0 Å². The van der Waals surface area contributed by atoms with E-state index < -0.39 is 0 Å². The Hall–Kier alpha value is -2.49. The first kappa shape index (κ1) is 13.5. The number of rotatable bonds is 4. The van der Waals surface area contributed by atoms with Crippen molar-refractivity contribution < 1.29 is 9.84 Å². The summed E-state index contributed by atoms with van der Waals surface area (Å²) in [5.41, 5.74) is 1.89. The monoisotopic (exact) mass is 282 g/mol. The molecule has 0 radical (unpaired) electrons. The average molecular weight is 282 g/mol. The number of phenolic OH excluding ortho intramolecular Hbond substituents is 1. The highest BCUT2D eigenvalue weighted by molar-refractivity contribution is 5.86. The van der Waals surface area contributed by atoms with Gasteiger partial charge < -0.3 is 14.4 Å². The average Bonchev–Trinajstić information content (AvgIpc) is 2.86. The van der Waals surface area contributed by atoms with E-state index in [4.69, 9.17) is 4.74 Å². The van der Waals surface area contributed by atoms with Crippen LogP contribution in [0.3, 0.4) is 0 Å². The Kier molecular flexibility index (Phi) is 3.52. The van der Waals surface area contributed by atoms with Gasteiger partial charge in [0.05, 0.1) is 17.4 Å². The van der Waals surface area contributed by atoms with Crippen LogP contribution >= 0.6 is 0 Å². The number of hydrogen-bond acceptors (Lipinski definition) is 3. The van der Waals surface area contributed by atoms with E-state index in [0.717, 1.165) is 22.3 Å². The Morgan fingerprint density at radius 3 is 2.81 bits per heavy atom. The highest BCUT2D eigenvalue weighted by atomic mass is 16.5. The molecule has 0 unspecified atom stereocenters. The molecule has 108 valence electrons. The van der Waals surface area contributed by atoms with E-state index in [1.54, 1.807) is 18.5 Å². The van der Waals surface area contributed by atoms with Gasteiger partial charge in [0.15, 0.2) is 0 Å². The zero-order valence-corrected chi connectivity index (χ0v) is 12.2. The van der Waals surface area contributed by atoms with Crippen molar-refractivity contribution in [3.05, 3.63) is 54.5 Å². The molecule has 0 fully saturated rings. The van der Waals surface area contributed by atoms with Gasteiger partial charge in [-0.2, -0.15) is 0 Å². The molecule has 3 rings (SSSR count). The largest absolute Gasteiger partial charge is 0.506 e. The van der Waals surface area contributed by atoms with Crippen molar-refractivity contribution in [1.82, 2.24) is 9.55 Å². The summed E-state index contributed by atoms with van der Waals surface area (Å²) >= 11 is 0. The second-order valence-electron chi connectivity index (χ2n) is 5.29. The summed E-state index contributed by atoms with van der Waals surface area (Å²) in [6.45, 7) is 4.64. The molecular formula is C17H18N2O2. The van der Waals surface area contributed by atoms with Crippen LogP contribution in [0.1, 0.15) is 25.6 Å². The van der Waals surface area contributed by atoms with E-state index in [0.29, 0.717) is 12.4 Å². The van der Waals surface area contributed by atoms with Crippen molar-refractivity contribution in [2.24, 2.45) is 0 Å². The van der Waals surface area contributed by atoms with Crippen molar-refractivity contribution in [2.75, 3.05) is 0 Å². The lowest BCUT2D eigenvalue weighted by atomic mass is 10.2. The minimum atomic E-state index is 0.239. The first-order valence-corrected chi connectivity index (χ1v) is 7.01. The van der Waals surface area contributed by atoms with Crippen molar-refractivity contribution in [1.29, 1.82) is 0 Å². The first-order chi connectivity index (χ1) is 10.2. The number of ether oxygens (including phenoxy) is 1. The molecule has 21 heavy (non-hydrogen) atoms. The maximum absolute atomic E-state index is 10.1. The van der Waals surface area contributed by atoms with Crippen LogP contribution in [0.15, 0.2) is 48.8 Å². The number of benzene rings is 1. The van der Waals surface area contributed by atoms with E-state index in [1.165, 1.54) is 0 Å². The van der Waals surface area contributed by atoms with Crippen LogP contribution in [0.4, 0.5) is 0 Å². The van der Waals surface area contributed by atoms with Gasteiger partial charge >= 0.3 is 0 Å². The summed E-state index contributed by atoms with van der Waals surface area (Å²) in [5, 5.41) is 11.1. The Morgan fingerprint density at radius 2 is 2.10 bits per heavy atom. The smallest absolute Gasteiger partial charge is 0.139 e. The van der Waals surface area contributed by atoms with Gasteiger partial charge in [-0.3, -0.25) is 4.98 Å². The number of fused-ring (bicyclic) bond motifs is 1. The van der Waals surface area contributed by atoms with Gasteiger partial charge in [0.1, 0.15) is 18.1 Å². The molecule has 1 N–H and O–H groups in total. The molecular weight excluding hydrogens is 264 g/mol. The quantitative estimate of drug-likeness (QED) is 0.789. The number of hydrogen-bond donors (Lipinski definition) is 1. The fraction of sp³-hybridized carbons (Fsp3) is 0.235. The standard InChI is InChI=1S/C17H18N2O2/c1-12(2)19-14(11-21-15-6-4-8-18-10-15)9-13-5-3-7-16(20)17(13)19/h3-10,12,20H,11H2,1-2H3. The van der Waals surface area contributed by atoms with Crippen molar-refractivity contribution in [3.8, 4) is 11.5 Å². The third-order valence-electron chi connectivity index (χ3n) is 3.46. The van der Waals surface area contributed by atoms with Crippen LogP contribution < -0.4 is 4.74 Å². The third-order valence-corrected chi connectivity index (χ3v) is 3.46. The number of para-hydroxylation sites is 1. The molecule has 4 heteroatoms. The molecule has 0 aliphatic carbocycles. The van der Waals surface area contributed by atoms with Gasteiger partial charge in [-0.15, -0.1) is 0 Å². The van der Waals surface area contributed by atoms with Gasteiger partial charge in [0.2, 0.25) is 0 Å². The van der Waals surface area contributed by atoms with E-state index >= 15 is 0 Å². The van der Waals surface area contributed by atoms with Crippen LogP contribution in [0.2, 0.25) is 0 Å². The van der Waals surface area contributed by atoms with Gasteiger partial charge in [-0.1, -0.05) is 12.1 Å². The number of phenols is 1. The van der Waals surface area contributed by atoms with Gasteiger partial charge in [0, 0.05) is 17.6 Å². The molecule has 3 aromatic rings. The minimum Gasteiger partial charge on any atom is -0.506 e. The number of nitrogens with zero attached hydrogens (tertiary/aromatic N) is 2. The van der Waals surface area contributed by atoms with Crippen LogP contribution in [0.5, 0.6) is 11.5 Å². The third kappa shape index (κ3) is 2.57. The summed E-state index contributed by atoms with van der Waals surface area (Å²) in [4.78, 5) is 4.04. The number of pyridine rings is 1. The molecule has 2 aromatic heterocycles. The molecule has 0 atom stereocenters. The van der Waals surface area contributed by atoms with Crippen molar-refractivity contribution in [2.45, 2.75) is 26.5 Å². The Balaban J connectivity index is 1.98. The maximum Gasteiger partial charge on any atom is 0.139 e. The van der Waals surface area contributed by atoms with E-state index in [9.17, 15) is 5.11 Å². The fourth-order valence-corrected chi connectivity index (χ4v) is 2.61. The second-order valence-corrected chi connectivity index (χ2v) is 5.29. The lowest BCUT2D eigenvalue weighted by Crippen LogP contribution is -2.08. The number of aromatic hydroxyl groups is 1. The molecule has 0 amide bonds. The predicted octanol–water partition coefficient (Wildman–Crippen LogP) is 3.90. The SMILES string of the molecule is CC(C)n1c(COc2cccnc2)cc2cccc(O)c21. The second kappa shape index (κ2) is 5.48. The lowest BCUT2D eigenvalue weighted by molar-refractivity contribution is 0.292. The zero-order valence-electron chi connectivity index (χ0n) is 12.2. The molecule has 0 bridgehead atoms. The van der Waals surface area contributed by atoms with E-state index in [-0.39, 0.29) is 6.04 Å². The first-order valence-electron chi connectivity index (χ1n) is 7.01. The summed E-state index contributed by atoms with van der Waals surface area (Å²) in [5.74, 6) is 1.04. The maximum atomic E-state index is 10.1. The van der Waals surface area contributed by atoms with Crippen LogP contribution in [-0.4, -0.2) is 14.7 Å². The van der Waals surface area contributed by atoms with Crippen molar-refractivity contribution >= 4 is 10.9 Å². The van der Waals surface area contributed by atoms with Gasteiger partial charge in [-0.05, 0) is 38.1 Å². The van der Waals surface area contributed by atoms with Crippen LogP contribution in [0.25, 0.3) is 10.9 Å². The Labute approximate surface area is 123 Å². The summed E-state index contributed by atoms with van der Waals surface area (Å²) in [6.07, 6.45) is 3.41. The van der Waals surface area contributed by atoms with E-state index in [2.05, 4.69) is 29.5 Å². The number of aromatic nitrogens is 2. The molecule has 1 aromatic carbocycles. The molecule has 0 aliphatic heterocycles. The molecule has 4 nitrogen and oxygen atoms in total. The van der Waals surface area contributed by atoms with E-state index in [1.807, 2.05) is 24.3 Å². The van der Waals surface area contributed by atoms with Crippen molar-refractivity contribution in [3.63, 3.8) is 0 Å². The minimum absolute atomic E-state index is 0.239. The molecule has 0 aliphatic rings. The lowest BCUT2D eigenvalue weighted by Gasteiger charge is -2.15. The fourth-order valence-electron chi connectivity index (χ4n) is 2.61. The topological polar surface area (TPSA) is 47.3 Å². The van der Waals surface area contributed by atoms with Crippen LogP contribution in [-0.2, 0) is 6.61 Å². The Morgan fingerprint density at radius 1 is 1.24 bits per heavy atom. The molecule has 0 spiro atoms. The zero-order chi connectivity index (χ0) is 14.8. The highest BCUT2D eigenvalue weighted by Gasteiger charge is 2.14.